The summed E-state index contributed by atoms with van der Waals surface area (Å²) in [6.45, 7) is 2.55. The predicted octanol–water partition coefficient (Wildman–Crippen LogP) is 1.10. The standard InChI is InChI=1S/C14H20N2O3S/c1-11-3-2-4-12(9-11)15-7-5-14(17)16-13-6-8-20(18,19)10-13/h2-4,9,13,15H,5-8,10H2,1H3,(H,16,17). The molecule has 0 bridgehead atoms. The zero-order chi connectivity index (χ0) is 14.6. The molecule has 0 spiro atoms. The fourth-order valence-corrected chi connectivity index (χ4v) is 3.96. The quantitative estimate of drug-likeness (QED) is 0.853. The van der Waals surface area contributed by atoms with Gasteiger partial charge in [-0.25, -0.2) is 8.42 Å². The van der Waals surface area contributed by atoms with Crippen molar-refractivity contribution in [2.75, 3.05) is 23.4 Å². The van der Waals surface area contributed by atoms with Crippen LogP contribution in [0.5, 0.6) is 0 Å². The van der Waals surface area contributed by atoms with Gasteiger partial charge in [-0.1, -0.05) is 12.1 Å². The largest absolute Gasteiger partial charge is 0.385 e. The SMILES string of the molecule is Cc1cccc(NCCC(=O)NC2CCS(=O)(=O)C2)c1. The third-order valence-electron chi connectivity index (χ3n) is 3.30. The molecule has 1 unspecified atom stereocenters. The number of rotatable bonds is 5. The van der Waals surface area contributed by atoms with Gasteiger partial charge in [0, 0.05) is 24.7 Å². The highest BCUT2D eigenvalue weighted by molar-refractivity contribution is 7.91. The first-order valence-corrected chi connectivity index (χ1v) is 8.57. The highest BCUT2D eigenvalue weighted by Crippen LogP contribution is 2.12. The van der Waals surface area contributed by atoms with Crippen LogP contribution in [0.4, 0.5) is 5.69 Å². The zero-order valence-corrected chi connectivity index (χ0v) is 12.4. The van der Waals surface area contributed by atoms with Gasteiger partial charge >= 0.3 is 0 Å². The average molecular weight is 296 g/mol. The molecule has 5 nitrogen and oxygen atoms in total. The molecule has 0 aromatic heterocycles. The van der Waals surface area contributed by atoms with E-state index in [9.17, 15) is 13.2 Å². The van der Waals surface area contributed by atoms with Gasteiger partial charge in [0.1, 0.15) is 0 Å². The number of hydrogen-bond donors (Lipinski definition) is 2. The van der Waals surface area contributed by atoms with E-state index < -0.39 is 9.84 Å². The van der Waals surface area contributed by atoms with Crippen LogP contribution in [0.15, 0.2) is 24.3 Å². The van der Waals surface area contributed by atoms with Crippen molar-refractivity contribution in [3.63, 3.8) is 0 Å². The zero-order valence-electron chi connectivity index (χ0n) is 11.6. The molecular weight excluding hydrogens is 276 g/mol. The van der Waals surface area contributed by atoms with Crippen LogP contribution < -0.4 is 10.6 Å². The topological polar surface area (TPSA) is 75.3 Å². The van der Waals surface area contributed by atoms with Crippen molar-refractivity contribution < 1.29 is 13.2 Å². The van der Waals surface area contributed by atoms with Gasteiger partial charge in [0.15, 0.2) is 9.84 Å². The fraction of sp³-hybridized carbons (Fsp3) is 0.500. The van der Waals surface area contributed by atoms with Crippen molar-refractivity contribution in [2.24, 2.45) is 0 Å². The lowest BCUT2D eigenvalue weighted by Crippen LogP contribution is -2.36. The number of carbonyl (C=O) groups is 1. The molecule has 110 valence electrons. The van der Waals surface area contributed by atoms with Crippen molar-refractivity contribution in [3.05, 3.63) is 29.8 Å². The third-order valence-corrected chi connectivity index (χ3v) is 5.06. The Morgan fingerprint density at radius 1 is 1.40 bits per heavy atom. The van der Waals surface area contributed by atoms with Crippen LogP contribution in [0, 0.1) is 6.92 Å². The summed E-state index contributed by atoms with van der Waals surface area (Å²) in [6.07, 6.45) is 0.865. The second-order valence-electron chi connectivity index (χ2n) is 5.21. The number of nitrogens with one attached hydrogen (secondary N) is 2. The summed E-state index contributed by atoms with van der Waals surface area (Å²) < 4.78 is 22.6. The van der Waals surface area contributed by atoms with Gasteiger partial charge < -0.3 is 10.6 Å². The van der Waals surface area contributed by atoms with Crippen LogP contribution >= 0.6 is 0 Å². The lowest BCUT2D eigenvalue weighted by atomic mass is 10.2. The Hall–Kier alpha value is -1.56. The molecule has 1 amide bonds. The van der Waals surface area contributed by atoms with E-state index in [-0.39, 0.29) is 23.5 Å². The Bertz CT molecular complexity index is 584. The van der Waals surface area contributed by atoms with E-state index in [0.717, 1.165) is 11.3 Å². The van der Waals surface area contributed by atoms with Crippen molar-refractivity contribution in [3.8, 4) is 0 Å². The molecule has 1 fully saturated rings. The lowest BCUT2D eigenvalue weighted by molar-refractivity contribution is -0.121. The van der Waals surface area contributed by atoms with Gasteiger partial charge in [-0.15, -0.1) is 0 Å². The average Bonchev–Trinajstić information content (AvgIpc) is 2.68. The fourth-order valence-electron chi connectivity index (χ4n) is 2.28. The van der Waals surface area contributed by atoms with Gasteiger partial charge in [0.2, 0.25) is 5.91 Å². The Morgan fingerprint density at radius 2 is 2.20 bits per heavy atom. The first-order valence-electron chi connectivity index (χ1n) is 6.75. The van der Waals surface area contributed by atoms with E-state index in [1.165, 1.54) is 0 Å². The van der Waals surface area contributed by atoms with Gasteiger partial charge in [-0.2, -0.15) is 0 Å². The Kier molecular flexibility index (Phi) is 4.65. The number of benzene rings is 1. The molecule has 0 saturated carbocycles. The van der Waals surface area contributed by atoms with Gasteiger partial charge in [-0.05, 0) is 31.0 Å². The molecule has 1 heterocycles. The monoisotopic (exact) mass is 296 g/mol. The second kappa shape index (κ2) is 6.26. The molecule has 0 aliphatic carbocycles. The summed E-state index contributed by atoms with van der Waals surface area (Å²) in [5, 5.41) is 5.95. The minimum atomic E-state index is -2.94. The normalized spacial score (nSPS) is 20.6. The molecule has 2 rings (SSSR count). The number of amides is 1. The van der Waals surface area contributed by atoms with E-state index >= 15 is 0 Å². The van der Waals surface area contributed by atoms with Crippen LogP contribution in [-0.2, 0) is 14.6 Å². The van der Waals surface area contributed by atoms with E-state index in [2.05, 4.69) is 10.6 Å². The van der Waals surface area contributed by atoms with Crippen molar-refractivity contribution in [1.82, 2.24) is 5.32 Å². The molecule has 1 aromatic carbocycles. The van der Waals surface area contributed by atoms with E-state index in [4.69, 9.17) is 0 Å². The van der Waals surface area contributed by atoms with Gasteiger partial charge in [0.25, 0.3) is 0 Å². The van der Waals surface area contributed by atoms with Crippen LogP contribution in [0.25, 0.3) is 0 Å². The number of aryl methyl sites for hydroxylation is 1. The third kappa shape index (κ3) is 4.52. The summed E-state index contributed by atoms with van der Waals surface area (Å²) in [7, 11) is -2.94. The van der Waals surface area contributed by atoms with Crippen LogP contribution in [-0.4, -0.2) is 38.4 Å². The van der Waals surface area contributed by atoms with Crippen molar-refractivity contribution in [1.29, 1.82) is 0 Å². The van der Waals surface area contributed by atoms with Gasteiger partial charge in [0.05, 0.1) is 11.5 Å². The van der Waals surface area contributed by atoms with Crippen LogP contribution in [0.3, 0.4) is 0 Å². The molecular formula is C14H20N2O3S. The molecule has 1 aromatic rings. The first kappa shape index (κ1) is 14.8. The van der Waals surface area contributed by atoms with Crippen molar-refractivity contribution in [2.45, 2.75) is 25.8 Å². The van der Waals surface area contributed by atoms with Gasteiger partial charge in [-0.3, -0.25) is 4.79 Å². The van der Waals surface area contributed by atoms with Crippen LogP contribution in [0.1, 0.15) is 18.4 Å². The highest BCUT2D eigenvalue weighted by Gasteiger charge is 2.28. The molecule has 2 N–H and O–H groups in total. The molecule has 0 radical (unpaired) electrons. The number of hydrogen-bond acceptors (Lipinski definition) is 4. The summed E-state index contributed by atoms with van der Waals surface area (Å²) in [4.78, 5) is 11.7. The maximum Gasteiger partial charge on any atom is 0.222 e. The maximum absolute atomic E-state index is 11.7. The number of carbonyl (C=O) groups excluding carboxylic acids is 1. The van der Waals surface area contributed by atoms with Crippen LogP contribution in [0.2, 0.25) is 0 Å². The van der Waals surface area contributed by atoms with E-state index in [1.54, 1.807) is 0 Å². The molecule has 1 aliphatic heterocycles. The number of anilines is 1. The summed E-state index contributed by atoms with van der Waals surface area (Å²) in [5.74, 6) is 0.149. The highest BCUT2D eigenvalue weighted by atomic mass is 32.2. The molecule has 1 atom stereocenters. The van der Waals surface area contributed by atoms with E-state index in [0.29, 0.717) is 19.4 Å². The molecule has 1 aliphatic rings. The Balaban J connectivity index is 1.71. The van der Waals surface area contributed by atoms with E-state index in [1.807, 2.05) is 31.2 Å². The summed E-state index contributed by atoms with van der Waals surface area (Å²) in [6, 6.07) is 7.72. The Labute approximate surface area is 119 Å². The predicted molar refractivity (Wildman–Crippen MR) is 79.5 cm³/mol. The molecule has 6 heteroatoms. The second-order valence-corrected chi connectivity index (χ2v) is 7.44. The summed E-state index contributed by atoms with van der Waals surface area (Å²) in [5.41, 5.74) is 2.15. The summed E-state index contributed by atoms with van der Waals surface area (Å²) >= 11 is 0. The maximum atomic E-state index is 11.7. The smallest absolute Gasteiger partial charge is 0.222 e. The number of sulfone groups is 1. The minimum absolute atomic E-state index is 0.0735. The molecule has 1 saturated heterocycles. The first-order chi connectivity index (χ1) is 9.44. The molecule has 20 heavy (non-hydrogen) atoms. The Morgan fingerprint density at radius 3 is 2.85 bits per heavy atom. The lowest BCUT2D eigenvalue weighted by Gasteiger charge is -2.11. The minimum Gasteiger partial charge on any atom is -0.385 e. The van der Waals surface area contributed by atoms with Crippen molar-refractivity contribution >= 4 is 21.4 Å².